The lowest BCUT2D eigenvalue weighted by Gasteiger charge is -2.19. The Labute approximate surface area is 103 Å². The molecule has 0 saturated heterocycles. The Balaban J connectivity index is 2.68. The van der Waals surface area contributed by atoms with Gasteiger partial charge in [0.25, 0.3) is 0 Å². The molecule has 3 nitrogen and oxygen atoms in total. The van der Waals surface area contributed by atoms with Crippen molar-refractivity contribution in [3.8, 4) is 0 Å². The van der Waals surface area contributed by atoms with E-state index in [1.54, 1.807) is 6.07 Å². The number of nitrogens with one attached hydrogen (secondary N) is 1. The summed E-state index contributed by atoms with van der Waals surface area (Å²) >= 11 is 0. The lowest BCUT2D eigenvalue weighted by molar-refractivity contribution is 0.0602. The maximum absolute atomic E-state index is 11.5. The average Bonchev–Trinajstić information content (AvgIpc) is 2.27. The predicted molar refractivity (Wildman–Crippen MR) is 70.3 cm³/mol. The standard InChI is InChI=1S/C14H21NO2/c1-14(2,3)9-10-15-12-8-6-5-7-11(12)13(16)17-4/h5-8,15H,9-10H2,1-4H3. The first-order valence-electron chi connectivity index (χ1n) is 5.85. The van der Waals surface area contributed by atoms with Crippen LogP contribution in [0.5, 0.6) is 0 Å². The first-order chi connectivity index (χ1) is 7.94. The van der Waals surface area contributed by atoms with Crippen LogP contribution in [-0.2, 0) is 4.74 Å². The maximum atomic E-state index is 11.5. The molecule has 94 valence electrons. The van der Waals surface area contributed by atoms with E-state index in [0.29, 0.717) is 5.56 Å². The van der Waals surface area contributed by atoms with Crippen molar-refractivity contribution in [3.05, 3.63) is 29.8 Å². The van der Waals surface area contributed by atoms with E-state index in [4.69, 9.17) is 4.74 Å². The molecule has 1 rings (SSSR count). The Bertz CT molecular complexity index is 380. The first kappa shape index (κ1) is 13.6. The second-order valence-corrected chi connectivity index (χ2v) is 5.27. The molecule has 0 saturated carbocycles. The third-order valence-electron chi connectivity index (χ3n) is 2.52. The molecule has 1 aromatic rings. The van der Waals surface area contributed by atoms with Crippen molar-refractivity contribution in [3.63, 3.8) is 0 Å². The molecule has 0 spiro atoms. The van der Waals surface area contributed by atoms with Gasteiger partial charge in [0, 0.05) is 12.2 Å². The van der Waals surface area contributed by atoms with Gasteiger partial charge < -0.3 is 10.1 Å². The van der Waals surface area contributed by atoms with Crippen LogP contribution < -0.4 is 5.32 Å². The van der Waals surface area contributed by atoms with Gasteiger partial charge >= 0.3 is 5.97 Å². The fraction of sp³-hybridized carbons (Fsp3) is 0.500. The van der Waals surface area contributed by atoms with E-state index in [1.165, 1.54) is 7.11 Å². The summed E-state index contributed by atoms with van der Waals surface area (Å²) in [5, 5.41) is 3.28. The maximum Gasteiger partial charge on any atom is 0.339 e. The van der Waals surface area contributed by atoms with Gasteiger partial charge in [-0.05, 0) is 24.0 Å². The molecule has 0 radical (unpaired) electrons. The van der Waals surface area contributed by atoms with Gasteiger partial charge in [0.2, 0.25) is 0 Å². The van der Waals surface area contributed by atoms with Crippen LogP contribution in [0, 0.1) is 5.41 Å². The number of anilines is 1. The Hall–Kier alpha value is -1.51. The van der Waals surface area contributed by atoms with Crippen molar-refractivity contribution in [2.24, 2.45) is 5.41 Å². The molecular weight excluding hydrogens is 214 g/mol. The fourth-order valence-electron chi connectivity index (χ4n) is 1.50. The van der Waals surface area contributed by atoms with Crippen LogP contribution in [0.4, 0.5) is 5.69 Å². The number of ether oxygens (including phenoxy) is 1. The molecule has 1 aromatic carbocycles. The van der Waals surface area contributed by atoms with Gasteiger partial charge in [0.1, 0.15) is 0 Å². The van der Waals surface area contributed by atoms with Crippen molar-refractivity contribution in [2.45, 2.75) is 27.2 Å². The largest absolute Gasteiger partial charge is 0.465 e. The SMILES string of the molecule is COC(=O)c1ccccc1NCCC(C)(C)C. The lowest BCUT2D eigenvalue weighted by Crippen LogP contribution is -2.14. The minimum atomic E-state index is -0.302. The highest BCUT2D eigenvalue weighted by atomic mass is 16.5. The molecule has 0 aliphatic rings. The van der Waals surface area contributed by atoms with E-state index in [-0.39, 0.29) is 11.4 Å². The highest BCUT2D eigenvalue weighted by molar-refractivity contribution is 5.95. The van der Waals surface area contributed by atoms with E-state index < -0.39 is 0 Å². The highest BCUT2D eigenvalue weighted by Gasteiger charge is 2.12. The van der Waals surface area contributed by atoms with Gasteiger partial charge in [-0.3, -0.25) is 0 Å². The Morgan fingerprint density at radius 2 is 1.94 bits per heavy atom. The van der Waals surface area contributed by atoms with Crippen molar-refractivity contribution >= 4 is 11.7 Å². The smallest absolute Gasteiger partial charge is 0.339 e. The molecule has 0 aromatic heterocycles. The van der Waals surface area contributed by atoms with E-state index in [9.17, 15) is 4.79 Å². The summed E-state index contributed by atoms with van der Waals surface area (Å²) in [5.74, 6) is -0.302. The number of benzene rings is 1. The zero-order valence-electron chi connectivity index (χ0n) is 11.0. The topological polar surface area (TPSA) is 38.3 Å². The summed E-state index contributed by atoms with van der Waals surface area (Å²) in [7, 11) is 1.40. The average molecular weight is 235 g/mol. The van der Waals surface area contributed by atoms with E-state index in [1.807, 2.05) is 18.2 Å². The minimum absolute atomic E-state index is 0.285. The van der Waals surface area contributed by atoms with Crippen LogP contribution in [0.2, 0.25) is 0 Å². The fourth-order valence-corrected chi connectivity index (χ4v) is 1.50. The number of hydrogen-bond acceptors (Lipinski definition) is 3. The van der Waals surface area contributed by atoms with Crippen LogP contribution in [0.1, 0.15) is 37.6 Å². The lowest BCUT2D eigenvalue weighted by atomic mass is 9.92. The molecule has 17 heavy (non-hydrogen) atoms. The summed E-state index contributed by atoms with van der Waals surface area (Å²) in [6, 6.07) is 7.41. The van der Waals surface area contributed by atoms with Crippen LogP contribution in [0.25, 0.3) is 0 Å². The van der Waals surface area contributed by atoms with Crippen molar-refractivity contribution in [2.75, 3.05) is 19.0 Å². The van der Waals surface area contributed by atoms with Crippen molar-refractivity contribution < 1.29 is 9.53 Å². The number of hydrogen-bond donors (Lipinski definition) is 1. The monoisotopic (exact) mass is 235 g/mol. The normalized spacial score (nSPS) is 11.1. The molecule has 0 atom stereocenters. The van der Waals surface area contributed by atoms with Crippen LogP contribution >= 0.6 is 0 Å². The molecule has 0 fully saturated rings. The van der Waals surface area contributed by atoms with Gasteiger partial charge in [-0.1, -0.05) is 32.9 Å². The summed E-state index contributed by atoms with van der Waals surface area (Å²) in [6.07, 6.45) is 1.04. The highest BCUT2D eigenvalue weighted by Crippen LogP contribution is 2.20. The summed E-state index contributed by atoms with van der Waals surface area (Å²) in [6.45, 7) is 7.43. The molecule has 0 unspecified atom stereocenters. The molecule has 0 amide bonds. The molecule has 0 aliphatic carbocycles. The Kier molecular flexibility index (Phi) is 4.55. The molecule has 0 heterocycles. The number of rotatable bonds is 4. The van der Waals surface area contributed by atoms with Crippen LogP contribution in [-0.4, -0.2) is 19.6 Å². The second kappa shape index (κ2) is 5.71. The number of esters is 1. The van der Waals surface area contributed by atoms with Crippen molar-refractivity contribution in [1.82, 2.24) is 0 Å². The Morgan fingerprint density at radius 1 is 1.29 bits per heavy atom. The number of para-hydroxylation sites is 1. The van der Waals surface area contributed by atoms with E-state index in [0.717, 1.165) is 18.7 Å². The van der Waals surface area contributed by atoms with Gasteiger partial charge in [-0.15, -0.1) is 0 Å². The third kappa shape index (κ3) is 4.47. The minimum Gasteiger partial charge on any atom is -0.465 e. The molecule has 0 aliphatic heterocycles. The number of carbonyl (C=O) groups excluding carboxylic acids is 1. The summed E-state index contributed by atoms with van der Waals surface area (Å²) in [5.41, 5.74) is 1.71. The predicted octanol–water partition coefficient (Wildman–Crippen LogP) is 3.32. The van der Waals surface area contributed by atoms with Gasteiger partial charge in [0.05, 0.1) is 12.7 Å². The summed E-state index contributed by atoms with van der Waals surface area (Å²) < 4.78 is 4.75. The molecular formula is C14H21NO2. The Morgan fingerprint density at radius 3 is 2.53 bits per heavy atom. The zero-order valence-corrected chi connectivity index (χ0v) is 11.0. The molecule has 1 N–H and O–H groups in total. The van der Waals surface area contributed by atoms with Crippen LogP contribution in [0.3, 0.4) is 0 Å². The summed E-state index contributed by atoms with van der Waals surface area (Å²) in [4.78, 5) is 11.5. The van der Waals surface area contributed by atoms with E-state index in [2.05, 4.69) is 26.1 Å². The molecule has 0 bridgehead atoms. The molecule has 3 heteroatoms. The first-order valence-corrected chi connectivity index (χ1v) is 5.85. The van der Waals surface area contributed by atoms with Gasteiger partial charge in [0.15, 0.2) is 0 Å². The zero-order chi connectivity index (χ0) is 12.9. The number of carbonyl (C=O) groups is 1. The third-order valence-corrected chi connectivity index (χ3v) is 2.52. The van der Waals surface area contributed by atoms with Crippen molar-refractivity contribution in [1.29, 1.82) is 0 Å². The van der Waals surface area contributed by atoms with Gasteiger partial charge in [-0.2, -0.15) is 0 Å². The second-order valence-electron chi connectivity index (χ2n) is 5.27. The van der Waals surface area contributed by atoms with Gasteiger partial charge in [-0.25, -0.2) is 4.79 Å². The number of methoxy groups -OCH3 is 1. The van der Waals surface area contributed by atoms with Crippen LogP contribution in [0.15, 0.2) is 24.3 Å². The van der Waals surface area contributed by atoms with E-state index >= 15 is 0 Å². The quantitative estimate of drug-likeness (QED) is 0.814.